The van der Waals surface area contributed by atoms with Crippen molar-refractivity contribution in [1.82, 2.24) is 0 Å². The Morgan fingerprint density at radius 2 is 2.06 bits per heavy atom. The van der Waals surface area contributed by atoms with E-state index in [0.717, 1.165) is 13.0 Å². The lowest BCUT2D eigenvalue weighted by Gasteiger charge is -2.37. The van der Waals surface area contributed by atoms with E-state index in [9.17, 15) is 4.79 Å². The maximum atomic E-state index is 11.1. The topological polar surface area (TPSA) is 26.3 Å². The zero-order valence-electron chi connectivity index (χ0n) is 11.2. The van der Waals surface area contributed by atoms with E-state index < -0.39 is 8.32 Å². The Morgan fingerprint density at radius 1 is 1.44 bits per heavy atom. The Labute approximate surface area is 100 Å². The van der Waals surface area contributed by atoms with Gasteiger partial charge in [0.05, 0.1) is 0 Å². The Bertz CT molecular complexity index is 287. The lowest BCUT2D eigenvalue weighted by Crippen LogP contribution is -2.42. The maximum Gasteiger partial charge on any atom is 0.192 e. The first-order chi connectivity index (χ1) is 7.22. The quantitative estimate of drug-likeness (QED) is 0.705. The Hall–Kier alpha value is -0.413. The van der Waals surface area contributed by atoms with Gasteiger partial charge >= 0.3 is 0 Å². The summed E-state index contributed by atoms with van der Waals surface area (Å²) in [5.74, 6) is 0.690. The van der Waals surface area contributed by atoms with Gasteiger partial charge in [0.1, 0.15) is 0 Å². The Kier molecular flexibility index (Phi) is 4.13. The van der Waals surface area contributed by atoms with Gasteiger partial charge in [0, 0.05) is 13.0 Å². The minimum absolute atomic E-state index is 0.253. The van der Waals surface area contributed by atoms with E-state index in [0.29, 0.717) is 12.3 Å². The number of carbonyl (C=O) groups excluding carboxylic acids is 1. The van der Waals surface area contributed by atoms with E-state index >= 15 is 0 Å². The molecule has 0 aromatic heterocycles. The third-order valence-electron chi connectivity index (χ3n) is 3.78. The first-order valence-electron chi connectivity index (χ1n) is 6.07. The van der Waals surface area contributed by atoms with Crippen LogP contribution in [0.5, 0.6) is 0 Å². The second kappa shape index (κ2) is 4.84. The molecule has 0 amide bonds. The second-order valence-corrected chi connectivity index (χ2v) is 11.0. The molecule has 0 radical (unpaired) electrons. The van der Waals surface area contributed by atoms with Crippen molar-refractivity contribution in [1.29, 1.82) is 0 Å². The highest BCUT2D eigenvalue weighted by Gasteiger charge is 2.37. The normalized spacial score (nSPS) is 22.6. The fraction of sp³-hybridized carbons (Fsp3) is 0.769. The van der Waals surface area contributed by atoms with Gasteiger partial charge in [-0.15, -0.1) is 0 Å². The van der Waals surface area contributed by atoms with Gasteiger partial charge in [0.25, 0.3) is 0 Å². The number of hydrogen-bond acceptors (Lipinski definition) is 2. The molecule has 0 saturated heterocycles. The summed E-state index contributed by atoms with van der Waals surface area (Å²) in [6.07, 6.45) is 5.36. The van der Waals surface area contributed by atoms with Crippen LogP contribution in [0.2, 0.25) is 18.1 Å². The molecule has 92 valence electrons. The summed E-state index contributed by atoms with van der Waals surface area (Å²) in [6, 6.07) is 0. The van der Waals surface area contributed by atoms with Crippen molar-refractivity contribution in [3.63, 3.8) is 0 Å². The SMILES string of the molecule is CC(C)(C)[Si](C)(C)OC[C@@H]1C=CC(=O)CC1. The molecular formula is C13H24O2Si. The summed E-state index contributed by atoms with van der Waals surface area (Å²) >= 11 is 0. The van der Waals surface area contributed by atoms with Crippen LogP contribution in [-0.2, 0) is 9.22 Å². The lowest BCUT2D eigenvalue weighted by atomic mass is 9.96. The van der Waals surface area contributed by atoms with Crippen molar-refractivity contribution in [3.8, 4) is 0 Å². The standard InChI is InChI=1S/C13H24O2Si/c1-13(2,3)16(4,5)15-10-11-6-8-12(14)9-7-11/h6,8,11H,7,9-10H2,1-5H3/t11-/m1/s1. The molecule has 0 spiro atoms. The van der Waals surface area contributed by atoms with Gasteiger partial charge in [-0.05, 0) is 36.5 Å². The van der Waals surface area contributed by atoms with Gasteiger partial charge in [-0.1, -0.05) is 26.8 Å². The molecule has 1 aliphatic carbocycles. The van der Waals surface area contributed by atoms with Crippen LogP contribution in [0, 0.1) is 5.92 Å². The minimum atomic E-state index is -1.62. The van der Waals surface area contributed by atoms with Crippen LogP contribution < -0.4 is 0 Å². The molecule has 0 heterocycles. The molecule has 2 nitrogen and oxygen atoms in total. The van der Waals surface area contributed by atoms with Crippen LogP contribution in [-0.4, -0.2) is 20.7 Å². The molecule has 0 aromatic carbocycles. The Morgan fingerprint density at radius 3 is 2.50 bits per heavy atom. The summed E-state index contributed by atoms with van der Waals surface area (Å²) in [4.78, 5) is 11.1. The van der Waals surface area contributed by atoms with E-state index in [1.54, 1.807) is 6.08 Å². The molecule has 1 atom stereocenters. The van der Waals surface area contributed by atoms with Crippen LogP contribution in [0.3, 0.4) is 0 Å². The van der Waals surface area contributed by atoms with Crippen molar-refractivity contribution in [2.24, 2.45) is 5.92 Å². The molecule has 0 aromatic rings. The molecule has 0 aliphatic heterocycles. The molecule has 3 heteroatoms. The number of ketones is 1. The minimum Gasteiger partial charge on any atom is -0.416 e. The molecule has 0 fully saturated rings. The largest absolute Gasteiger partial charge is 0.416 e. The van der Waals surface area contributed by atoms with E-state index in [1.165, 1.54) is 0 Å². The van der Waals surface area contributed by atoms with Gasteiger partial charge in [0.2, 0.25) is 0 Å². The summed E-state index contributed by atoms with van der Waals surface area (Å²) in [6.45, 7) is 12.1. The predicted molar refractivity (Wildman–Crippen MR) is 70.0 cm³/mol. The van der Waals surface area contributed by atoms with Crippen LogP contribution in [0.4, 0.5) is 0 Å². The molecule has 1 rings (SSSR count). The zero-order chi connectivity index (χ0) is 12.4. The van der Waals surface area contributed by atoms with Crippen LogP contribution in [0.15, 0.2) is 12.2 Å². The van der Waals surface area contributed by atoms with Gasteiger partial charge in [0.15, 0.2) is 14.1 Å². The fourth-order valence-electron chi connectivity index (χ4n) is 1.42. The highest BCUT2D eigenvalue weighted by atomic mass is 28.4. The van der Waals surface area contributed by atoms with Crippen molar-refractivity contribution in [2.75, 3.05) is 6.61 Å². The monoisotopic (exact) mass is 240 g/mol. The second-order valence-electron chi connectivity index (χ2n) is 6.20. The average molecular weight is 240 g/mol. The maximum absolute atomic E-state index is 11.1. The smallest absolute Gasteiger partial charge is 0.192 e. The molecule has 1 aliphatic rings. The molecule has 16 heavy (non-hydrogen) atoms. The van der Waals surface area contributed by atoms with E-state index in [-0.39, 0.29) is 10.8 Å². The highest BCUT2D eigenvalue weighted by Crippen LogP contribution is 2.37. The van der Waals surface area contributed by atoms with Crippen LogP contribution >= 0.6 is 0 Å². The van der Waals surface area contributed by atoms with Gasteiger partial charge in [-0.2, -0.15) is 0 Å². The first-order valence-corrected chi connectivity index (χ1v) is 8.98. The van der Waals surface area contributed by atoms with Gasteiger partial charge in [-0.3, -0.25) is 4.79 Å². The predicted octanol–water partition coefficient (Wildman–Crippen LogP) is 3.54. The third-order valence-corrected chi connectivity index (χ3v) is 8.28. The van der Waals surface area contributed by atoms with E-state index in [4.69, 9.17) is 4.43 Å². The van der Waals surface area contributed by atoms with Crippen molar-refractivity contribution >= 4 is 14.1 Å². The highest BCUT2D eigenvalue weighted by molar-refractivity contribution is 6.74. The number of carbonyl (C=O) groups is 1. The van der Waals surface area contributed by atoms with Crippen LogP contribution in [0.25, 0.3) is 0 Å². The Balaban J connectivity index is 2.46. The summed E-state index contributed by atoms with van der Waals surface area (Å²) in [7, 11) is -1.62. The molecule has 0 unspecified atom stereocenters. The molecule has 0 saturated carbocycles. The number of allylic oxidation sites excluding steroid dienone is 1. The lowest BCUT2D eigenvalue weighted by molar-refractivity contribution is -0.115. The number of rotatable bonds is 3. The van der Waals surface area contributed by atoms with Crippen molar-refractivity contribution < 1.29 is 9.22 Å². The summed E-state index contributed by atoms with van der Waals surface area (Å²) < 4.78 is 6.14. The van der Waals surface area contributed by atoms with Crippen molar-refractivity contribution in [2.45, 2.75) is 51.7 Å². The first kappa shape index (κ1) is 13.7. The van der Waals surface area contributed by atoms with E-state index in [2.05, 4.69) is 33.9 Å². The van der Waals surface area contributed by atoms with Gasteiger partial charge < -0.3 is 4.43 Å². The van der Waals surface area contributed by atoms with Crippen molar-refractivity contribution in [3.05, 3.63) is 12.2 Å². The molecule has 0 bridgehead atoms. The number of hydrogen-bond donors (Lipinski definition) is 0. The summed E-state index contributed by atoms with van der Waals surface area (Å²) in [5.41, 5.74) is 0. The summed E-state index contributed by atoms with van der Waals surface area (Å²) in [5, 5.41) is 0.265. The average Bonchev–Trinajstić information content (AvgIpc) is 2.15. The zero-order valence-corrected chi connectivity index (χ0v) is 12.2. The molecule has 0 N–H and O–H groups in total. The van der Waals surface area contributed by atoms with E-state index in [1.807, 2.05) is 6.08 Å². The molecular weight excluding hydrogens is 216 g/mol. The van der Waals surface area contributed by atoms with Crippen LogP contribution in [0.1, 0.15) is 33.6 Å². The fourth-order valence-corrected chi connectivity index (χ4v) is 2.49. The van der Waals surface area contributed by atoms with Gasteiger partial charge in [-0.25, -0.2) is 0 Å². The third kappa shape index (κ3) is 3.56.